The first-order chi connectivity index (χ1) is 9.15. The number of carboxylic acids is 1. The van der Waals surface area contributed by atoms with Gasteiger partial charge in [0.15, 0.2) is 0 Å². The van der Waals surface area contributed by atoms with Crippen LogP contribution in [0.3, 0.4) is 0 Å². The van der Waals surface area contributed by atoms with Crippen LogP contribution in [0.4, 0.5) is 0 Å². The van der Waals surface area contributed by atoms with E-state index < -0.39 is 5.97 Å². The average Bonchev–Trinajstić information content (AvgIpc) is 2.39. The SMILES string of the molecule is O=C(O)c1ccc(COCc2cccc(Cl)c2)cc1. The van der Waals surface area contributed by atoms with Gasteiger partial charge < -0.3 is 9.84 Å². The van der Waals surface area contributed by atoms with Crippen molar-refractivity contribution in [3.8, 4) is 0 Å². The van der Waals surface area contributed by atoms with Crippen LogP contribution in [0.5, 0.6) is 0 Å². The maximum absolute atomic E-state index is 10.7. The van der Waals surface area contributed by atoms with E-state index in [1.54, 1.807) is 24.3 Å². The molecule has 19 heavy (non-hydrogen) atoms. The number of carbonyl (C=O) groups is 1. The van der Waals surface area contributed by atoms with Gasteiger partial charge >= 0.3 is 5.97 Å². The summed E-state index contributed by atoms with van der Waals surface area (Å²) >= 11 is 5.88. The molecule has 0 saturated heterocycles. The molecular formula is C15H13ClO3. The molecule has 0 saturated carbocycles. The van der Waals surface area contributed by atoms with Crippen molar-refractivity contribution in [3.63, 3.8) is 0 Å². The highest BCUT2D eigenvalue weighted by Crippen LogP contribution is 2.12. The molecule has 2 aromatic carbocycles. The number of hydrogen-bond donors (Lipinski definition) is 1. The van der Waals surface area contributed by atoms with Gasteiger partial charge in [-0.25, -0.2) is 4.79 Å². The molecule has 0 amide bonds. The van der Waals surface area contributed by atoms with E-state index in [9.17, 15) is 4.79 Å². The first kappa shape index (κ1) is 13.6. The van der Waals surface area contributed by atoms with Gasteiger partial charge in [0.25, 0.3) is 0 Å². The number of aromatic carboxylic acids is 1. The highest BCUT2D eigenvalue weighted by Gasteiger charge is 2.02. The van der Waals surface area contributed by atoms with Crippen molar-refractivity contribution in [2.24, 2.45) is 0 Å². The van der Waals surface area contributed by atoms with Crippen molar-refractivity contribution in [1.29, 1.82) is 0 Å². The van der Waals surface area contributed by atoms with E-state index in [0.29, 0.717) is 18.2 Å². The standard InChI is InChI=1S/C15H13ClO3/c16-14-3-1-2-12(8-14)10-19-9-11-4-6-13(7-5-11)15(17)18/h1-8H,9-10H2,(H,17,18). The van der Waals surface area contributed by atoms with Crippen LogP contribution >= 0.6 is 11.6 Å². The van der Waals surface area contributed by atoms with E-state index in [2.05, 4.69) is 0 Å². The van der Waals surface area contributed by atoms with Gasteiger partial charge in [-0.05, 0) is 35.4 Å². The predicted molar refractivity (Wildman–Crippen MR) is 73.3 cm³/mol. The molecular weight excluding hydrogens is 264 g/mol. The summed E-state index contributed by atoms with van der Waals surface area (Å²) in [6, 6.07) is 14.1. The predicted octanol–water partition coefficient (Wildman–Crippen LogP) is 3.76. The molecule has 0 aliphatic heterocycles. The Hall–Kier alpha value is -1.84. The van der Waals surface area contributed by atoms with Crippen LogP contribution in [0.2, 0.25) is 5.02 Å². The molecule has 0 unspecified atom stereocenters. The average molecular weight is 277 g/mol. The lowest BCUT2D eigenvalue weighted by Gasteiger charge is -2.05. The largest absolute Gasteiger partial charge is 0.478 e. The highest BCUT2D eigenvalue weighted by molar-refractivity contribution is 6.30. The molecule has 2 aromatic rings. The molecule has 2 rings (SSSR count). The zero-order valence-electron chi connectivity index (χ0n) is 10.2. The van der Waals surface area contributed by atoms with Gasteiger partial charge in [-0.3, -0.25) is 0 Å². The van der Waals surface area contributed by atoms with Crippen LogP contribution in [0.25, 0.3) is 0 Å². The Morgan fingerprint density at radius 3 is 2.37 bits per heavy atom. The Bertz CT molecular complexity index is 564. The fourth-order valence-corrected chi connectivity index (χ4v) is 1.87. The van der Waals surface area contributed by atoms with Crippen molar-refractivity contribution in [3.05, 3.63) is 70.2 Å². The second kappa shape index (κ2) is 6.36. The highest BCUT2D eigenvalue weighted by atomic mass is 35.5. The van der Waals surface area contributed by atoms with E-state index in [-0.39, 0.29) is 5.56 Å². The van der Waals surface area contributed by atoms with Gasteiger partial charge in [0.05, 0.1) is 18.8 Å². The number of benzene rings is 2. The number of carboxylic acid groups (broad SMARTS) is 1. The van der Waals surface area contributed by atoms with Crippen LogP contribution in [0, 0.1) is 0 Å². The van der Waals surface area contributed by atoms with Crippen molar-refractivity contribution in [1.82, 2.24) is 0 Å². The third kappa shape index (κ3) is 4.09. The van der Waals surface area contributed by atoms with Gasteiger partial charge in [0.2, 0.25) is 0 Å². The van der Waals surface area contributed by atoms with Crippen LogP contribution in [0.15, 0.2) is 48.5 Å². The summed E-state index contributed by atoms with van der Waals surface area (Å²) in [5, 5.41) is 9.47. The molecule has 0 heterocycles. The number of rotatable bonds is 5. The molecule has 98 valence electrons. The van der Waals surface area contributed by atoms with Gasteiger partial charge in [-0.1, -0.05) is 35.9 Å². The lowest BCUT2D eigenvalue weighted by molar-refractivity contribution is 0.0696. The molecule has 3 nitrogen and oxygen atoms in total. The van der Waals surface area contributed by atoms with Crippen molar-refractivity contribution in [2.45, 2.75) is 13.2 Å². The minimum atomic E-state index is -0.925. The monoisotopic (exact) mass is 276 g/mol. The minimum absolute atomic E-state index is 0.276. The summed E-state index contributed by atoms with van der Waals surface area (Å²) in [7, 11) is 0. The Morgan fingerprint density at radius 1 is 1.05 bits per heavy atom. The maximum atomic E-state index is 10.7. The third-order valence-electron chi connectivity index (χ3n) is 2.63. The fraction of sp³-hybridized carbons (Fsp3) is 0.133. The lowest BCUT2D eigenvalue weighted by atomic mass is 10.1. The maximum Gasteiger partial charge on any atom is 0.335 e. The molecule has 0 aliphatic rings. The number of halogens is 1. The number of ether oxygens (including phenoxy) is 1. The Balaban J connectivity index is 1.87. The smallest absolute Gasteiger partial charge is 0.335 e. The van der Waals surface area contributed by atoms with Gasteiger partial charge in [-0.2, -0.15) is 0 Å². The van der Waals surface area contributed by atoms with E-state index in [1.165, 1.54) is 0 Å². The van der Waals surface area contributed by atoms with Crippen LogP contribution in [-0.4, -0.2) is 11.1 Å². The second-order valence-electron chi connectivity index (χ2n) is 4.12. The summed E-state index contributed by atoms with van der Waals surface area (Å²) in [5.74, 6) is -0.925. The van der Waals surface area contributed by atoms with E-state index in [0.717, 1.165) is 11.1 Å². The topological polar surface area (TPSA) is 46.5 Å². The normalized spacial score (nSPS) is 10.4. The molecule has 0 bridgehead atoms. The zero-order chi connectivity index (χ0) is 13.7. The summed E-state index contributed by atoms with van der Waals surface area (Å²) < 4.78 is 5.56. The third-order valence-corrected chi connectivity index (χ3v) is 2.86. The van der Waals surface area contributed by atoms with E-state index in [4.69, 9.17) is 21.4 Å². The van der Waals surface area contributed by atoms with Crippen molar-refractivity contribution < 1.29 is 14.6 Å². The van der Waals surface area contributed by atoms with Gasteiger partial charge in [0.1, 0.15) is 0 Å². The van der Waals surface area contributed by atoms with Crippen LogP contribution in [-0.2, 0) is 18.0 Å². The molecule has 0 atom stereocenters. The second-order valence-corrected chi connectivity index (χ2v) is 4.56. The molecule has 4 heteroatoms. The Kier molecular flexibility index (Phi) is 4.55. The van der Waals surface area contributed by atoms with Crippen molar-refractivity contribution >= 4 is 17.6 Å². The first-order valence-corrected chi connectivity index (χ1v) is 6.17. The van der Waals surface area contributed by atoms with Crippen molar-refractivity contribution in [2.75, 3.05) is 0 Å². The summed E-state index contributed by atoms with van der Waals surface area (Å²) in [5.41, 5.74) is 2.22. The Labute approximate surface area is 116 Å². The van der Waals surface area contributed by atoms with Gasteiger partial charge in [-0.15, -0.1) is 0 Å². The summed E-state index contributed by atoms with van der Waals surface area (Å²) in [6.07, 6.45) is 0. The molecule has 1 N–H and O–H groups in total. The molecule has 0 radical (unpaired) electrons. The molecule has 0 fully saturated rings. The zero-order valence-corrected chi connectivity index (χ0v) is 10.9. The van der Waals surface area contributed by atoms with E-state index in [1.807, 2.05) is 24.3 Å². The minimum Gasteiger partial charge on any atom is -0.478 e. The molecule has 0 spiro atoms. The van der Waals surface area contributed by atoms with Crippen LogP contribution in [0.1, 0.15) is 21.5 Å². The van der Waals surface area contributed by atoms with Gasteiger partial charge in [0, 0.05) is 5.02 Å². The summed E-state index contributed by atoms with van der Waals surface area (Å²) in [4.78, 5) is 10.7. The fourth-order valence-electron chi connectivity index (χ4n) is 1.66. The first-order valence-electron chi connectivity index (χ1n) is 5.79. The van der Waals surface area contributed by atoms with Crippen LogP contribution < -0.4 is 0 Å². The quantitative estimate of drug-likeness (QED) is 0.904. The Morgan fingerprint density at radius 2 is 1.74 bits per heavy atom. The summed E-state index contributed by atoms with van der Waals surface area (Å²) in [6.45, 7) is 0.910. The van der Waals surface area contributed by atoms with E-state index >= 15 is 0 Å². The molecule has 0 aromatic heterocycles. The molecule has 0 aliphatic carbocycles. The lowest BCUT2D eigenvalue weighted by Crippen LogP contribution is -1.98. The number of hydrogen-bond acceptors (Lipinski definition) is 2.